The second kappa shape index (κ2) is 8.83. The van der Waals surface area contributed by atoms with Crippen LogP contribution in [0.1, 0.15) is 43.7 Å². The minimum absolute atomic E-state index is 0.201. The Kier molecular flexibility index (Phi) is 6.24. The van der Waals surface area contributed by atoms with E-state index in [1.165, 1.54) is 28.4 Å². The fourth-order valence-corrected chi connectivity index (χ4v) is 5.11. The highest BCUT2D eigenvalue weighted by atomic mass is 35.5. The van der Waals surface area contributed by atoms with Gasteiger partial charge in [-0.25, -0.2) is 9.18 Å². The van der Waals surface area contributed by atoms with E-state index in [2.05, 4.69) is 5.32 Å². The summed E-state index contributed by atoms with van der Waals surface area (Å²) in [5, 5.41) is 16.9. The topological polar surface area (TPSA) is 74.6 Å². The molecule has 1 aliphatic heterocycles. The summed E-state index contributed by atoms with van der Waals surface area (Å²) in [6, 6.07) is 7.80. The molecule has 6 nitrogen and oxygen atoms in total. The van der Waals surface area contributed by atoms with Crippen LogP contribution >= 0.6 is 22.9 Å². The van der Waals surface area contributed by atoms with E-state index in [4.69, 9.17) is 11.6 Å². The van der Waals surface area contributed by atoms with Crippen LogP contribution < -0.4 is 5.32 Å². The van der Waals surface area contributed by atoms with E-state index in [0.29, 0.717) is 41.4 Å². The number of amides is 2. The van der Waals surface area contributed by atoms with Crippen molar-refractivity contribution in [2.75, 3.05) is 13.1 Å². The molecule has 0 spiro atoms. The third kappa shape index (κ3) is 4.50. The summed E-state index contributed by atoms with van der Waals surface area (Å²) < 4.78 is 16.8. The molecular formula is C24H25ClFN3O3S. The van der Waals surface area contributed by atoms with Crippen molar-refractivity contribution >= 4 is 34.9 Å². The zero-order chi connectivity index (χ0) is 23.9. The second-order valence-corrected chi connectivity index (χ2v) is 10.3. The van der Waals surface area contributed by atoms with E-state index >= 15 is 0 Å². The molecule has 0 radical (unpaired) electrons. The first-order valence-electron chi connectivity index (χ1n) is 10.6. The van der Waals surface area contributed by atoms with Crippen LogP contribution in [0.25, 0.3) is 22.4 Å². The van der Waals surface area contributed by atoms with Gasteiger partial charge in [-0.15, -0.1) is 0 Å². The van der Waals surface area contributed by atoms with Crippen LogP contribution in [0.3, 0.4) is 0 Å². The smallest absolute Gasteiger partial charge is 0.407 e. The van der Waals surface area contributed by atoms with E-state index in [1.807, 2.05) is 42.2 Å². The maximum absolute atomic E-state index is 14.9. The van der Waals surface area contributed by atoms with Crippen LogP contribution in [-0.2, 0) is 0 Å². The Hall–Kier alpha value is -2.84. The third-order valence-electron chi connectivity index (χ3n) is 5.87. The normalized spacial score (nSPS) is 15.8. The molecule has 3 aromatic rings. The third-order valence-corrected chi connectivity index (χ3v) is 6.79. The maximum atomic E-state index is 14.9. The number of thiophene rings is 1. The average Bonchev–Trinajstić information content (AvgIpc) is 3.38. The number of hydrogen-bond donors (Lipinski definition) is 2. The zero-order valence-electron chi connectivity index (χ0n) is 18.6. The predicted octanol–water partition coefficient (Wildman–Crippen LogP) is 6.13. The largest absolute Gasteiger partial charge is 0.465 e. The molecule has 2 amide bonds. The number of carboxylic acid groups (broad SMARTS) is 1. The molecule has 1 atom stereocenters. The van der Waals surface area contributed by atoms with Gasteiger partial charge in [0.2, 0.25) is 0 Å². The summed E-state index contributed by atoms with van der Waals surface area (Å²) in [6.07, 6.45) is -0.505. The Labute approximate surface area is 200 Å². The monoisotopic (exact) mass is 489 g/mol. The minimum Gasteiger partial charge on any atom is -0.465 e. The summed E-state index contributed by atoms with van der Waals surface area (Å²) in [6.45, 7) is 6.19. The van der Waals surface area contributed by atoms with Gasteiger partial charge in [-0.05, 0) is 62.9 Å². The quantitative estimate of drug-likeness (QED) is 0.452. The number of benzene rings is 1. The Morgan fingerprint density at radius 3 is 2.70 bits per heavy atom. The van der Waals surface area contributed by atoms with E-state index in [0.717, 1.165) is 11.3 Å². The number of aromatic nitrogens is 1. The lowest BCUT2D eigenvalue weighted by molar-refractivity contribution is 0.0868. The summed E-state index contributed by atoms with van der Waals surface area (Å²) >= 11 is 7.68. The molecule has 174 valence electrons. The van der Waals surface area contributed by atoms with E-state index in [-0.39, 0.29) is 11.9 Å². The first-order chi connectivity index (χ1) is 15.6. The van der Waals surface area contributed by atoms with Gasteiger partial charge in [0, 0.05) is 45.7 Å². The molecule has 0 bridgehead atoms. The number of carbonyl (C=O) groups is 2. The van der Waals surface area contributed by atoms with Crippen LogP contribution in [-0.4, -0.2) is 45.2 Å². The molecule has 0 aliphatic carbocycles. The zero-order valence-corrected chi connectivity index (χ0v) is 20.1. The van der Waals surface area contributed by atoms with E-state index < -0.39 is 17.4 Å². The molecule has 33 heavy (non-hydrogen) atoms. The number of rotatable bonds is 5. The SMILES string of the molecule is CC(C)(C)N(CCC1CNC(=O)c2cc(-c3cc(Cl)ccc3F)c(-c3ccsc3)n21)C(=O)O. The van der Waals surface area contributed by atoms with Crippen molar-refractivity contribution in [3.05, 3.63) is 57.6 Å². The summed E-state index contributed by atoms with van der Waals surface area (Å²) in [7, 11) is 0. The molecule has 4 rings (SSSR count). The molecule has 0 fully saturated rings. The Morgan fingerprint density at radius 2 is 2.06 bits per heavy atom. The van der Waals surface area contributed by atoms with Crippen LogP contribution in [0.15, 0.2) is 41.1 Å². The lowest BCUT2D eigenvalue weighted by atomic mass is 10.0. The fraction of sp³-hybridized carbons (Fsp3) is 0.333. The average molecular weight is 490 g/mol. The first-order valence-corrected chi connectivity index (χ1v) is 11.9. The Morgan fingerprint density at radius 1 is 1.30 bits per heavy atom. The van der Waals surface area contributed by atoms with Crippen molar-refractivity contribution in [1.82, 2.24) is 14.8 Å². The molecule has 9 heteroatoms. The minimum atomic E-state index is -0.991. The van der Waals surface area contributed by atoms with Crippen molar-refractivity contribution < 1.29 is 19.1 Å². The lowest BCUT2D eigenvalue weighted by Crippen LogP contribution is -2.47. The fourth-order valence-electron chi connectivity index (χ4n) is 4.30. The van der Waals surface area contributed by atoms with Gasteiger partial charge in [0.25, 0.3) is 5.91 Å². The highest BCUT2D eigenvalue weighted by Gasteiger charge is 2.33. The Bertz CT molecular complexity index is 1200. The van der Waals surface area contributed by atoms with Gasteiger partial charge in [-0.1, -0.05) is 11.6 Å². The molecule has 2 aromatic heterocycles. The van der Waals surface area contributed by atoms with Crippen LogP contribution in [0, 0.1) is 5.82 Å². The highest BCUT2D eigenvalue weighted by molar-refractivity contribution is 7.08. The van der Waals surface area contributed by atoms with E-state index in [9.17, 15) is 19.1 Å². The molecule has 2 N–H and O–H groups in total. The molecular weight excluding hydrogens is 465 g/mol. The molecule has 0 saturated heterocycles. The van der Waals surface area contributed by atoms with Gasteiger partial charge in [-0.2, -0.15) is 11.3 Å². The second-order valence-electron chi connectivity index (χ2n) is 9.06. The number of nitrogens with zero attached hydrogens (tertiary/aromatic N) is 2. The molecule has 1 aromatic carbocycles. The van der Waals surface area contributed by atoms with Crippen LogP contribution in [0.4, 0.5) is 9.18 Å². The van der Waals surface area contributed by atoms with Crippen LogP contribution in [0.2, 0.25) is 5.02 Å². The van der Waals surface area contributed by atoms with Crippen molar-refractivity contribution in [2.45, 2.75) is 38.8 Å². The van der Waals surface area contributed by atoms with Crippen molar-refractivity contribution in [3.63, 3.8) is 0 Å². The van der Waals surface area contributed by atoms with Gasteiger partial charge >= 0.3 is 6.09 Å². The van der Waals surface area contributed by atoms with Crippen molar-refractivity contribution in [1.29, 1.82) is 0 Å². The van der Waals surface area contributed by atoms with Gasteiger partial charge in [-0.3, -0.25) is 4.79 Å². The molecule has 1 aliphatic rings. The summed E-state index contributed by atoms with van der Waals surface area (Å²) in [5.41, 5.74) is 2.35. The van der Waals surface area contributed by atoms with Gasteiger partial charge in [0.05, 0.1) is 11.7 Å². The lowest BCUT2D eigenvalue weighted by Gasteiger charge is -2.36. The molecule has 0 saturated carbocycles. The number of carbonyl (C=O) groups excluding carboxylic acids is 1. The number of hydrogen-bond acceptors (Lipinski definition) is 3. The van der Waals surface area contributed by atoms with Gasteiger partial charge < -0.3 is 19.9 Å². The first kappa shape index (κ1) is 23.3. The van der Waals surface area contributed by atoms with Crippen LogP contribution in [0.5, 0.6) is 0 Å². The summed E-state index contributed by atoms with van der Waals surface area (Å²) in [5.74, 6) is -0.678. The van der Waals surface area contributed by atoms with Gasteiger partial charge in [0.15, 0.2) is 0 Å². The Balaban J connectivity index is 1.84. The van der Waals surface area contributed by atoms with Crippen molar-refractivity contribution in [3.8, 4) is 22.4 Å². The maximum Gasteiger partial charge on any atom is 0.407 e. The predicted molar refractivity (Wildman–Crippen MR) is 129 cm³/mol. The highest BCUT2D eigenvalue weighted by Crippen LogP contribution is 2.41. The summed E-state index contributed by atoms with van der Waals surface area (Å²) in [4.78, 5) is 26.0. The number of halogens is 2. The number of nitrogens with one attached hydrogen (secondary N) is 1. The number of fused-ring (bicyclic) bond motifs is 1. The molecule has 3 heterocycles. The standard InChI is InChI=1S/C24H25ClFN3O3S/c1-24(2,3)28(23(31)32)8-6-16-12-27-22(30)20-11-18(17-10-15(25)4-5-19(17)26)21(29(16)20)14-7-9-33-13-14/h4-5,7,9-11,13,16H,6,8,12H2,1-3H3,(H,27,30)(H,31,32). The van der Waals surface area contributed by atoms with Crippen molar-refractivity contribution in [2.24, 2.45) is 0 Å². The van der Waals surface area contributed by atoms with Gasteiger partial charge in [0.1, 0.15) is 11.5 Å². The molecule has 1 unspecified atom stereocenters. The van der Waals surface area contributed by atoms with E-state index in [1.54, 1.807) is 12.1 Å².